The number of rotatable bonds is 1. The third-order valence-corrected chi connectivity index (χ3v) is 2.96. The molecule has 1 aromatic rings. The third kappa shape index (κ3) is 3.52. The Kier molecular flexibility index (Phi) is 4.82. The maximum absolute atomic E-state index is 10.9. The molecule has 0 aliphatic heterocycles. The molecular weight excluding hydrogens is 219 g/mol. The van der Waals surface area contributed by atoms with E-state index in [0.29, 0.717) is 5.56 Å². The van der Waals surface area contributed by atoms with Crippen molar-refractivity contribution in [2.45, 2.75) is 11.8 Å². The molecule has 0 atom stereocenters. The molecule has 6 heteroatoms. The molecule has 0 fully saturated rings. The number of phenols is 1. The summed E-state index contributed by atoms with van der Waals surface area (Å²) in [5.74, 6) is 0.0369. The smallest absolute Gasteiger partial charge is 0.644 e. The van der Waals surface area contributed by atoms with Gasteiger partial charge in [-0.2, -0.15) is 0 Å². The quantitative estimate of drug-likeness (QED) is 0.340. The molecule has 1 rings (SSSR count). The van der Waals surface area contributed by atoms with Crippen LogP contribution in [0, 0.1) is 6.92 Å². The van der Waals surface area contributed by atoms with Crippen molar-refractivity contribution in [3.63, 3.8) is 0 Å². The molecule has 1 aromatic carbocycles. The molecule has 1 N–H and O–H groups in total. The van der Waals surface area contributed by atoms with Crippen molar-refractivity contribution >= 4 is 20.5 Å². The Morgan fingerprint density at radius 3 is 2.31 bits per heavy atom. The predicted octanol–water partition coefficient (Wildman–Crippen LogP) is -2.06. The molecule has 0 aliphatic carbocycles. The standard InChI is InChI=1S/C7H8O3S2.Na/c1-5-4-6(8)2-3-7(5)12(9,10)11;/h2-4,8H,1H3,(H,9,10,11);/q;+1/p-1. The fourth-order valence-corrected chi connectivity index (χ4v) is 2.16. The molecule has 0 radical (unpaired) electrons. The van der Waals surface area contributed by atoms with Gasteiger partial charge in [0.2, 0.25) is 0 Å². The monoisotopic (exact) mass is 226 g/mol. The molecule has 0 heterocycles. The first-order valence-electron chi connectivity index (χ1n) is 3.17. The molecule has 3 nitrogen and oxygen atoms in total. The molecule has 0 saturated heterocycles. The maximum Gasteiger partial charge on any atom is 1.00 e. The Labute approximate surface area is 104 Å². The van der Waals surface area contributed by atoms with Crippen LogP contribution in [0.2, 0.25) is 0 Å². The summed E-state index contributed by atoms with van der Waals surface area (Å²) in [5, 5.41) is 8.97. The van der Waals surface area contributed by atoms with Gasteiger partial charge in [0.15, 0.2) is 0 Å². The van der Waals surface area contributed by atoms with Gasteiger partial charge in [0.1, 0.15) is 5.75 Å². The average Bonchev–Trinajstić information content (AvgIpc) is 1.83. The summed E-state index contributed by atoms with van der Waals surface area (Å²) >= 11 is 4.27. The minimum Gasteiger partial charge on any atom is -0.644 e. The summed E-state index contributed by atoms with van der Waals surface area (Å²) in [6.45, 7) is 1.58. The van der Waals surface area contributed by atoms with Gasteiger partial charge in [-0.05, 0) is 30.7 Å². The molecule has 0 amide bonds. The van der Waals surface area contributed by atoms with E-state index in [9.17, 15) is 8.42 Å². The number of hydrogen-bond donors (Lipinski definition) is 1. The fourth-order valence-electron chi connectivity index (χ4n) is 0.914. The summed E-state index contributed by atoms with van der Waals surface area (Å²) < 4.78 is 21.8. The molecule has 0 unspecified atom stereocenters. The van der Waals surface area contributed by atoms with Crippen molar-refractivity contribution in [1.82, 2.24) is 0 Å². The zero-order valence-electron chi connectivity index (χ0n) is 7.31. The van der Waals surface area contributed by atoms with Crippen LogP contribution in [0.4, 0.5) is 0 Å². The first-order chi connectivity index (χ1) is 5.41. The third-order valence-electron chi connectivity index (χ3n) is 1.43. The fraction of sp³-hybridized carbons (Fsp3) is 0.143. The van der Waals surface area contributed by atoms with Crippen LogP contribution in [0.5, 0.6) is 5.75 Å². The largest absolute Gasteiger partial charge is 1.00 e. The Balaban J connectivity index is 0.00000144. The van der Waals surface area contributed by atoms with Crippen LogP contribution in [0.15, 0.2) is 23.1 Å². The predicted molar refractivity (Wildman–Crippen MR) is 47.4 cm³/mol. The van der Waals surface area contributed by atoms with Gasteiger partial charge in [0.25, 0.3) is 0 Å². The zero-order valence-corrected chi connectivity index (χ0v) is 10.9. The molecule has 66 valence electrons. The molecular formula is C7H7NaO3S2. The van der Waals surface area contributed by atoms with Crippen molar-refractivity contribution < 1.29 is 43.1 Å². The second kappa shape index (κ2) is 4.70. The van der Waals surface area contributed by atoms with Crippen LogP contribution in [0.1, 0.15) is 5.56 Å². The number of aromatic hydroxyl groups is 1. The molecule has 0 aliphatic rings. The second-order valence-corrected chi connectivity index (χ2v) is 5.07. The normalized spacial score (nSPS) is 10.6. The van der Waals surface area contributed by atoms with Crippen molar-refractivity contribution in [2.75, 3.05) is 0 Å². The van der Waals surface area contributed by atoms with Gasteiger partial charge in [-0.3, -0.25) is 0 Å². The molecule has 0 spiro atoms. The van der Waals surface area contributed by atoms with Gasteiger partial charge in [-0.25, -0.2) is 8.42 Å². The Hall–Kier alpha value is 0.320. The summed E-state index contributed by atoms with van der Waals surface area (Å²) in [7, 11) is -3.58. The van der Waals surface area contributed by atoms with E-state index in [2.05, 4.69) is 11.7 Å². The van der Waals surface area contributed by atoms with Crippen LogP contribution in [0.3, 0.4) is 0 Å². The van der Waals surface area contributed by atoms with Crippen molar-refractivity contribution in [2.24, 2.45) is 0 Å². The van der Waals surface area contributed by atoms with Crippen molar-refractivity contribution in [3.8, 4) is 5.75 Å². The summed E-state index contributed by atoms with van der Waals surface area (Å²) in [5.41, 5.74) is 0.463. The van der Waals surface area contributed by atoms with Gasteiger partial charge >= 0.3 is 29.6 Å². The van der Waals surface area contributed by atoms with Crippen LogP contribution < -0.4 is 29.6 Å². The van der Waals surface area contributed by atoms with Gasteiger partial charge in [0.05, 0.1) is 8.87 Å². The Bertz CT molecular complexity index is 400. The van der Waals surface area contributed by atoms with Crippen molar-refractivity contribution in [3.05, 3.63) is 23.8 Å². The number of aryl methyl sites for hydroxylation is 1. The van der Waals surface area contributed by atoms with Crippen LogP contribution >= 0.6 is 0 Å². The van der Waals surface area contributed by atoms with E-state index in [1.807, 2.05) is 0 Å². The first-order valence-corrected chi connectivity index (χ1v) is 5.57. The van der Waals surface area contributed by atoms with Gasteiger partial charge in [-0.15, -0.1) is 0 Å². The molecule has 0 saturated carbocycles. The minimum atomic E-state index is -3.58. The summed E-state index contributed by atoms with van der Waals surface area (Å²) in [6.07, 6.45) is 0. The van der Waals surface area contributed by atoms with Gasteiger partial charge in [0, 0.05) is 4.90 Å². The van der Waals surface area contributed by atoms with E-state index < -0.39 is 8.87 Å². The number of benzene rings is 1. The van der Waals surface area contributed by atoms with Gasteiger partial charge in [-0.1, -0.05) is 0 Å². The molecule has 0 bridgehead atoms. The minimum absolute atomic E-state index is 0. The van der Waals surface area contributed by atoms with Crippen LogP contribution in [0.25, 0.3) is 0 Å². The summed E-state index contributed by atoms with van der Waals surface area (Å²) in [4.78, 5) is 0.0790. The van der Waals surface area contributed by atoms with Crippen LogP contribution in [-0.4, -0.2) is 13.5 Å². The van der Waals surface area contributed by atoms with E-state index in [1.165, 1.54) is 18.2 Å². The topological polar surface area (TPSA) is 54.4 Å². The summed E-state index contributed by atoms with van der Waals surface area (Å²) in [6, 6.07) is 3.96. The van der Waals surface area contributed by atoms with Crippen molar-refractivity contribution in [1.29, 1.82) is 0 Å². The van der Waals surface area contributed by atoms with E-state index in [-0.39, 0.29) is 40.2 Å². The maximum atomic E-state index is 10.9. The average molecular weight is 226 g/mol. The number of phenolic OH excluding ortho intramolecular Hbond substituents is 1. The SMILES string of the molecule is Cc1cc(O)ccc1S(=O)(=O)[S-].[Na+]. The van der Waals surface area contributed by atoms with E-state index in [1.54, 1.807) is 6.92 Å². The second-order valence-electron chi connectivity index (χ2n) is 2.40. The molecule has 13 heavy (non-hydrogen) atoms. The van der Waals surface area contributed by atoms with E-state index >= 15 is 0 Å². The number of hydrogen-bond acceptors (Lipinski definition) is 4. The molecule has 0 aromatic heterocycles. The van der Waals surface area contributed by atoms with Crippen LogP contribution in [-0.2, 0) is 20.5 Å². The Morgan fingerprint density at radius 2 is 1.92 bits per heavy atom. The Morgan fingerprint density at radius 1 is 1.38 bits per heavy atom. The zero-order chi connectivity index (χ0) is 9.35. The van der Waals surface area contributed by atoms with E-state index in [4.69, 9.17) is 5.11 Å². The van der Waals surface area contributed by atoms with Gasteiger partial charge < -0.3 is 16.8 Å². The van der Waals surface area contributed by atoms with E-state index in [0.717, 1.165) is 0 Å². The first kappa shape index (κ1) is 13.3.